The maximum absolute atomic E-state index is 12.3. The first-order chi connectivity index (χ1) is 12.5. The number of hydrogen-bond acceptors (Lipinski definition) is 3. The maximum Gasteiger partial charge on any atom is 0.231 e. The van der Waals surface area contributed by atoms with Crippen LogP contribution in [0.5, 0.6) is 0 Å². The van der Waals surface area contributed by atoms with Crippen LogP contribution in [-0.4, -0.2) is 23.8 Å². The molecule has 1 amide bonds. The number of hydrogen-bond donors (Lipinski definition) is 1. The molecule has 0 aliphatic carbocycles. The zero-order valence-electron chi connectivity index (χ0n) is 14.9. The fourth-order valence-electron chi connectivity index (χ4n) is 3.57. The number of rotatable bonds is 2. The summed E-state index contributed by atoms with van der Waals surface area (Å²) in [7, 11) is 1.66. The summed E-state index contributed by atoms with van der Waals surface area (Å²) in [5.74, 6) is 0.245. The van der Waals surface area contributed by atoms with Crippen molar-refractivity contribution in [2.75, 3.05) is 7.05 Å². The van der Waals surface area contributed by atoms with E-state index in [0.29, 0.717) is 6.42 Å². The highest BCUT2D eigenvalue weighted by atomic mass is 16.2. The van der Waals surface area contributed by atoms with Crippen molar-refractivity contribution in [3.05, 3.63) is 72.3 Å². The fraction of sp³-hybridized carbons (Fsp3) is 0.182. The van der Waals surface area contributed by atoms with Gasteiger partial charge in [0.15, 0.2) is 5.96 Å². The molecule has 3 aromatic carbocycles. The number of fused-ring (bicyclic) bond motifs is 1. The third kappa shape index (κ3) is 2.64. The van der Waals surface area contributed by atoms with Gasteiger partial charge in [0.2, 0.25) is 5.91 Å². The summed E-state index contributed by atoms with van der Waals surface area (Å²) in [5.41, 5.74) is 8.59. The van der Waals surface area contributed by atoms with Crippen LogP contribution < -0.4 is 5.73 Å². The monoisotopic (exact) mass is 343 g/mol. The second kappa shape index (κ2) is 5.99. The molecule has 4 heteroatoms. The van der Waals surface area contributed by atoms with E-state index in [9.17, 15) is 4.79 Å². The van der Waals surface area contributed by atoms with Crippen LogP contribution in [-0.2, 0) is 10.3 Å². The van der Waals surface area contributed by atoms with Gasteiger partial charge in [-0.2, -0.15) is 0 Å². The molecule has 4 rings (SSSR count). The van der Waals surface area contributed by atoms with Gasteiger partial charge in [0, 0.05) is 7.05 Å². The molecule has 1 heterocycles. The normalized spacial score (nSPS) is 20.3. The van der Waals surface area contributed by atoms with Gasteiger partial charge in [-0.25, -0.2) is 4.99 Å². The zero-order chi connectivity index (χ0) is 18.3. The highest BCUT2D eigenvalue weighted by Gasteiger charge is 2.36. The van der Waals surface area contributed by atoms with Crippen molar-refractivity contribution in [1.29, 1.82) is 0 Å². The van der Waals surface area contributed by atoms with Crippen molar-refractivity contribution in [2.45, 2.75) is 18.9 Å². The topological polar surface area (TPSA) is 58.7 Å². The van der Waals surface area contributed by atoms with Crippen LogP contribution in [0, 0.1) is 0 Å². The number of nitrogens with zero attached hydrogens (tertiary/aromatic N) is 2. The number of amides is 1. The lowest BCUT2D eigenvalue weighted by Gasteiger charge is -2.33. The second-order valence-electron chi connectivity index (χ2n) is 6.98. The summed E-state index contributed by atoms with van der Waals surface area (Å²) in [5, 5.41) is 2.41. The van der Waals surface area contributed by atoms with E-state index in [1.54, 1.807) is 7.05 Å². The van der Waals surface area contributed by atoms with E-state index in [1.165, 1.54) is 21.2 Å². The molecule has 0 radical (unpaired) electrons. The molecule has 0 fully saturated rings. The Bertz CT molecular complexity index is 1030. The SMILES string of the molecule is CN1C(=O)C[C@@](C)(c2cccc(-c3cccc4ccccc34)c2)N=C1N. The van der Waals surface area contributed by atoms with Gasteiger partial charge in [0.05, 0.1) is 12.0 Å². The number of benzene rings is 3. The Morgan fingerprint density at radius 1 is 1.04 bits per heavy atom. The highest BCUT2D eigenvalue weighted by Crippen LogP contribution is 2.36. The van der Waals surface area contributed by atoms with Crippen LogP contribution in [0.15, 0.2) is 71.7 Å². The Morgan fingerprint density at radius 2 is 1.77 bits per heavy atom. The molecule has 0 spiro atoms. The summed E-state index contributed by atoms with van der Waals surface area (Å²) < 4.78 is 0. The van der Waals surface area contributed by atoms with Crippen LogP contribution in [0.4, 0.5) is 0 Å². The van der Waals surface area contributed by atoms with Gasteiger partial charge >= 0.3 is 0 Å². The minimum absolute atomic E-state index is 0.0180. The minimum Gasteiger partial charge on any atom is -0.369 e. The summed E-state index contributed by atoms with van der Waals surface area (Å²) in [6, 6.07) is 22.9. The smallest absolute Gasteiger partial charge is 0.231 e. The highest BCUT2D eigenvalue weighted by molar-refractivity contribution is 5.99. The lowest BCUT2D eigenvalue weighted by atomic mass is 9.85. The third-order valence-electron chi connectivity index (χ3n) is 5.16. The van der Waals surface area contributed by atoms with E-state index < -0.39 is 5.54 Å². The minimum atomic E-state index is -0.645. The summed E-state index contributed by atoms with van der Waals surface area (Å²) in [6.07, 6.45) is 0.309. The van der Waals surface area contributed by atoms with Crippen LogP contribution in [0.2, 0.25) is 0 Å². The predicted molar refractivity (Wildman–Crippen MR) is 106 cm³/mol. The van der Waals surface area contributed by atoms with E-state index in [1.807, 2.05) is 25.1 Å². The molecular weight excluding hydrogens is 322 g/mol. The lowest BCUT2D eigenvalue weighted by Crippen LogP contribution is -2.47. The third-order valence-corrected chi connectivity index (χ3v) is 5.16. The van der Waals surface area contributed by atoms with E-state index in [-0.39, 0.29) is 11.9 Å². The molecule has 0 aromatic heterocycles. The molecule has 0 saturated carbocycles. The number of nitrogens with two attached hydrogens (primary N) is 1. The molecule has 1 aliphatic rings. The van der Waals surface area contributed by atoms with Crippen molar-refractivity contribution >= 4 is 22.6 Å². The average molecular weight is 343 g/mol. The van der Waals surface area contributed by atoms with E-state index in [2.05, 4.69) is 53.5 Å². The van der Waals surface area contributed by atoms with E-state index in [0.717, 1.165) is 11.1 Å². The Labute approximate surface area is 153 Å². The molecular formula is C22H21N3O. The average Bonchev–Trinajstić information content (AvgIpc) is 2.66. The first-order valence-corrected chi connectivity index (χ1v) is 8.68. The summed E-state index contributed by atoms with van der Waals surface area (Å²) >= 11 is 0. The Morgan fingerprint density at radius 3 is 2.58 bits per heavy atom. The number of guanidine groups is 1. The van der Waals surface area contributed by atoms with Gasteiger partial charge in [-0.3, -0.25) is 9.69 Å². The molecule has 4 nitrogen and oxygen atoms in total. The Balaban J connectivity index is 1.84. The molecule has 0 bridgehead atoms. The fourth-order valence-corrected chi connectivity index (χ4v) is 3.57. The first-order valence-electron chi connectivity index (χ1n) is 8.68. The van der Waals surface area contributed by atoms with Crippen molar-refractivity contribution < 1.29 is 4.79 Å². The second-order valence-corrected chi connectivity index (χ2v) is 6.98. The molecule has 1 aliphatic heterocycles. The summed E-state index contributed by atoms with van der Waals surface area (Å²) in [6.45, 7) is 1.97. The van der Waals surface area contributed by atoms with Gasteiger partial charge < -0.3 is 5.73 Å². The Kier molecular flexibility index (Phi) is 3.76. The molecule has 3 aromatic rings. The maximum atomic E-state index is 12.3. The van der Waals surface area contributed by atoms with E-state index >= 15 is 0 Å². The van der Waals surface area contributed by atoms with Crippen LogP contribution in [0.1, 0.15) is 18.9 Å². The summed E-state index contributed by atoms with van der Waals surface area (Å²) in [4.78, 5) is 18.3. The van der Waals surface area contributed by atoms with Crippen LogP contribution in [0.25, 0.3) is 21.9 Å². The molecule has 130 valence electrons. The largest absolute Gasteiger partial charge is 0.369 e. The number of carbonyl (C=O) groups excluding carboxylic acids is 1. The van der Waals surface area contributed by atoms with Gasteiger partial charge in [-0.1, -0.05) is 60.7 Å². The number of carbonyl (C=O) groups is 1. The van der Waals surface area contributed by atoms with Crippen LogP contribution in [0.3, 0.4) is 0 Å². The van der Waals surface area contributed by atoms with Crippen molar-refractivity contribution in [3.63, 3.8) is 0 Å². The van der Waals surface area contributed by atoms with Crippen molar-refractivity contribution in [1.82, 2.24) is 4.90 Å². The molecule has 26 heavy (non-hydrogen) atoms. The lowest BCUT2D eigenvalue weighted by molar-refractivity contribution is -0.128. The quantitative estimate of drug-likeness (QED) is 0.767. The van der Waals surface area contributed by atoms with Gasteiger partial charge in [0.25, 0.3) is 0 Å². The van der Waals surface area contributed by atoms with Crippen molar-refractivity contribution in [2.24, 2.45) is 10.7 Å². The van der Waals surface area contributed by atoms with E-state index in [4.69, 9.17) is 5.73 Å². The molecule has 1 atom stereocenters. The van der Waals surface area contributed by atoms with Gasteiger partial charge in [-0.05, 0) is 40.5 Å². The predicted octanol–water partition coefficient (Wildman–Crippen LogP) is 3.90. The Hall–Kier alpha value is -3.14. The molecule has 2 N–H and O–H groups in total. The zero-order valence-corrected chi connectivity index (χ0v) is 14.9. The van der Waals surface area contributed by atoms with Gasteiger partial charge in [0.1, 0.15) is 0 Å². The van der Waals surface area contributed by atoms with Crippen molar-refractivity contribution in [3.8, 4) is 11.1 Å². The molecule has 0 unspecified atom stereocenters. The molecule has 0 saturated heterocycles. The number of aliphatic imine (C=N–C) groups is 1. The van der Waals surface area contributed by atoms with Gasteiger partial charge in [-0.15, -0.1) is 0 Å². The standard InChI is InChI=1S/C22H21N3O/c1-22(14-20(26)25(2)21(23)24-22)17-10-5-9-16(13-17)19-12-6-8-15-7-3-4-11-18(15)19/h3-13H,14H2,1-2H3,(H2,23,24)/t22-/m0/s1. The first kappa shape index (κ1) is 16.3. The van der Waals surface area contributed by atoms with Crippen LogP contribution >= 0.6 is 0 Å².